The lowest BCUT2D eigenvalue weighted by atomic mass is 10.4. The van der Waals surface area contributed by atoms with Gasteiger partial charge in [-0.2, -0.15) is 0 Å². The molecule has 106 valence electrons. The summed E-state index contributed by atoms with van der Waals surface area (Å²) in [6.07, 6.45) is 1.77. The molecule has 0 atom stereocenters. The van der Waals surface area contributed by atoms with E-state index in [2.05, 4.69) is 4.74 Å². The van der Waals surface area contributed by atoms with Gasteiger partial charge in [-0.15, -0.1) is 23.1 Å². The minimum atomic E-state index is -3.62. The third-order valence-electron chi connectivity index (χ3n) is 2.58. The maximum atomic E-state index is 12.6. The van der Waals surface area contributed by atoms with Crippen molar-refractivity contribution in [2.75, 3.05) is 13.4 Å². The third kappa shape index (κ3) is 2.74. The van der Waals surface area contributed by atoms with Gasteiger partial charge in [0.1, 0.15) is 4.88 Å². The van der Waals surface area contributed by atoms with E-state index >= 15 is 0 Å². The van der Waals surface area contributed by atoms with Crippen LogP contribution in [0.2, 0.25) is 0 Å². The van der Waals surface area contributed by atoms with Crippen LogP contribution in [0.3, 0.4) is 0 Å². The number of hydrogen-bond donors (Lipinski definition) is 0. The lowest BCUT2D eigenvalue weighted by Gasteiger charge is -2.03. The summed E-state index contributed by atoms with van der Waals surface area (Å²) >= 11 is 2.42. The van der Waals surface area contributed by atoms with Gasteiger partial charge in [-0.05, 0) is 24.5 Å². The highest BCUT2D eigenvalue weighted by atomic mass is 32.2. The van der Waals surface area contributed by atoms with E-state index in [-0.39, 0.29) is 14.7 Å². The predicted molar refractivity (Wildman–Crippen MR) is 79.3 cm³/mol. The summed E-state index contributed by atoms with van der Waals surface area (Å²) < 4.78 is 30.4. The minimum Gasteiger partial charge on any atom is -0.465 e. The summed E-state index contributed by atoms with van der Waals surface area (Å²) in [4.78, 5) is 12.2. The summed E-state index contributed by atoms with van der Waals surface area (Å²) in [7, 11) is -2.35. The second-order valence-electron chi connectivity index (χ2n) is 3.77. The molecule has 1 aromatic carbocycles. The first kappa shape index (κ1) is 15.1. The SMILES string of the molecule is COC(=O)c1cc(S(=O)(=O)c2ccccc2)c(SC)s1. The number of rotatable bonds is 4. The maximum absolute atomic E-state index is 12.6. The number of carbonyl (C=O) groups excluding carboxylic acids is 1. The van der Waals surface area contributed by atoms with Crippen LogP contribution in [0.4, 0.5) is 0 Å². The summed E-state index contributed by atoms with van der Waals surface area (Å²) in [5.41, 5.74) is 0. The van der Waals surface area contributed by atoms with Crippen molar-refractivity contribution in [2.45, 2.75) is 14.0 Å². The normalized spacial score (nSPS) is 11.3. The number of thiophene rings is 1. The molecule has 0 bridgehead atoms. The highest BCUT2D eigenvalue weighted by Crippen LogP contribution is 2.37. The molecule has 0 spiro atoms. The Balaban J connectivity index is 2.57. The van der Waals surface area contributed by atoms with Crippen LogP contribution in [-0.4, -0.2) is 27.8 Å². The third-order valence-corrected chi connectivity index (χ3v) is 6.88. The first-order chi connectivity index (χ1) is 9.50. The average Bonchev–Trinajstić information content (AvgIpc) is 2.92. The molecule has 20 heavy (non-hydrogen) atoms. The van der Waals surface area contributed by atoms with Crippen molar-refractivity contribution in [1.29, 1.82) is 0 Å². The summed E-state index contributed by atoms with van der Waals surface area (Å²) in [6, 6.07) is 9.54. The van der Waals surface area contributed by atoms with E-state index in [1.807, 2.05) is 0 Å². The average molecular weight is 328 g/mol. The van der Waals surface area contributed by atoms with Gasteiger partial charge >= 0.3 is 5.97 Å². The first-order valence-corrected chi connectivity index (χ1v) is 9.09. The van der Waals surface area contributed by atoms with E-state index < -0.39 is 15.8 Å². The maximum Gasteiger partial charge on any atom is 0.348 e. The first-order valence-electron chi connectivity index (χ1n) is 5.57. The zero-order chi connectivity index (χ0) is 14.8. The number of carbonyl (C=O) groups is 1. The van der Waals surface area contributed by atoms with E-state index in [1.54, 1.807) is 24.5 Å². The van der Waals surface area contributed by atoms with Gasteiger partial charge < -0.3 is 4.74 Å². The highest BCUT2D eigenvalue weighted by molar-refractivity contribution is 8.01. The number of sulfone groups is 1. The van der Waals surface area contributed by atoms with Gasteiger partial charge in [0.2, 0.25) is 9.84 Å². The van der Waals surface area contributed by atoms with Crippen LogP contribution in [0.15, 0.2) is 50.4 Å². The molecular formula is C13H12O4S3. The Morgan fingerprint density at radius 3 is 2.45 bits per heavy atom. The molecule has 0 saturated carbocycles. The zero-order valence-electron chi connectivity index (χ0n) is 10.8. The van der Waals surface area contributed by atoms with Crippen molar-refractivity contribution in [1.82, 2.24) is 0 Å². The molecule has 1 heterocycles. The molecule has 0 unspecified atom stereocenters. The minimum absolute atomic E-state index is 0.154. The number of ether oxygens (including phenoxy) is 1. The van der Waals surface area contributed by atoms with Crippen LogP contribution in [0.25, 0.3) is 0 Å². The topological polar surface area (TPSA) is 60.4 Å². The molecular weight excluding hydrogens is 316 g/mol. The number of benzene rings is 1. The smallest absolute Gasteiger partial charge is 0.348 e. The van der Waals surface area contributed by atoms with Gasteiger partial charge in [-0.25, -0.2) is 13.2 Å². The van der Waals surface area contributed by atoms with Crippen molar-refractivity contribution in [3.63, 3.8) is 0 Å². The van der Waals surface area contributed by atoms with Crippen molar-refractivity contribution in [3.05, 3.63) is 41.3 Å². The second-order valence-corrected chi connectivity index (χ2v) is 7.82. The molecule has 0 amide bonds. The molecule has 0 aliphatic carbocycles. The lowest BCUT2D eigenvalue weighted by molar-refractivity contribution is 0.0606. The van der Waals surface area contributed by atoms with Crippen molar-refractivity contribution in [3.8, 4) is 0 Å². The van der Waals surface area contributed by atoms with Crippen molar-refractivity contribution in [2.24, 2.45) is 0 Å². The van der Waals surface area contributed by atoms with Crippen molar-refractivity contribution < 1.29 is 17.9 Å². The molecule has 0 aliphatic heterocycles. The fourth-order valence-corrected chi connectivity index (χ4v) is 5.55. The van der Waals surface area contributed by atoms with Gasteiger partial charge in [0.15, 0.2) is 0 Å². The molecule has 4 nitrogen and oxygen atoms in total. The van der Waals surface area contributed by atoms with Crippen molar-refractivity contribution >= 4 is 38.9 Å². The van der Waals surface area contributed by atoms with E-state index in [0.717, 1.165) is 11.3 Å². The Hall–Kier alpha value is -1.31. The molecule has 2 rings (SSSR count). The standard InChI is InChI=1S/C13H12O4S3/c1-17-12(14)10-8-11(13(18-2)19-10)20(15,16)9-6-4-3-5-7-9/h3-8H,1-2H3. The number of thioether (sulfide) groups is 1. The zero-order valence-corrected chi connectivity index (χ0v) is 13.3. The summed E-state index contributed by atoms with van der Waals surface area (Å²) in [5.74, 6) is -0.528. The Morgan fingerprint density at radius 2 is 1.90 bits per heavy atom. The van der Waals surface area contributed by atoms with E-state index in [1.165, 1.54) is 37.1 Å². The Morgan fingerprint density at radius 1 is 1.25 bits per heavy atom. The lowest BCUT2D eigenvalue weighted by Crippen LogP contribution is -2.02. The van der Waals surface area contributed by atoms with Gasteiger partial charge in [0, 0.05) is 0 Å². The fourth-order valence-electron chi connectivity index (χ4n) is 1.61. The molecule has 1 aromatic heterocycles. The van der Waals surface area contributed by atoms with Crippen LogP contribution >= 0.6 is 23.1 Å². The Kier molecular flexibility index (Phi) is 4.52. The van der Waals surface area contributed by atoms with E-state index in [9.17, 15) is 13.2 Å². The molecule has 0 aliphatic rings. The number of esters is 1. The summed E-state index contributed by atoms with van der Waals surface area (Å²) in [5, 5.41) is 0. The fraction of sp³-hybridized carbons (Fsp3) is 0.154. The predicted octanol–water partition coefficient (Wildman–Crippen LogP) is 3.09. The van der Waals surface area contributed by atoms with Crippen LogP contribution in [-0.2, 0) is 14.6 Å². The van der Waals surface area contributed by atoms with Gasteiger partial charge in [-0.1, -0.05) is 18.2 Å². The quantitative estimate of drug-likeness (QED) is 0.637. The van der Waals surface area contributed by atoms with Gasteiger partial charge in [0.25, 0.3) is 0 Å². The summed E-state index contributed by atoms with van der Waals surface area (Å²) in [6.45, 7) is 0. The molecule has 7 heteroatoms. The van der Waals surface area contributed by atoms with Crippen LogP contribution in [0.1, 0.15) is 9.67 Å². The largest absolute Gasteiger partial charge is 0.465 e. The monoisotopic (exact) mass is 328 g/mol. The van der Waals surface area contributed by atoms with E-state index in [0.29, 0.717) is 4.21 Å². The molecule has 0 saturated heterocycles. The van der Waals surface area contributed by atoms with Crippen LogP contribution in [0.5, 0.6) is 0 Å². The number of hydrogen-bond acceptors (Lipinski definition) is 6. The molecule has 2 aromatic rings. The second kappa shape index (κ2) is 5.99. The Labute approximate surface area is 125 Å². The van der Waals surface area contributed by atoms with Crippen LogP contribution in [0, 0.1) is 0 Å². The molecule has 0 radical (unpaired) electrons. The highest BCUT2D eigenvalue weighted by Gasteiger charge is 2.25. The van der Waals surface area contributed by atoms with Gasteiger partial charge in [-0.3, -0.25) is 0 Å². The van der Waals surface area contributed by atoms with E-state index in [4.69, 9.17) is 0 Å². The van der Waals surface area contributed by atoms with Crippen LogP contribution < -0.4 is 0 Å². The Bertz CT molecular complexity index is 717. The van der Waals surface area contributed by atoms with Gasteiger partial charge in [0.05, 0.1) is 21.1 Å². The molecule has 0 N–H and O–H groups in total. The number of methoxy groups -OCH3 is 1. The molecule has 0 fully saturated rings.